The lowest BCUT2D eigenvalue weighted by Gasteiger charge is -2.45. The van der Waals surface area contributed by atoms with Crippen LogP contribution in [0.4, 0.5) is 0 Å². The molecule has 0 spiro atoms. The van der Waals surface area contributed by atoms with Crippen LogP contribution in [0.5, 0.6) is 0 Å². The van der Waals surface area contributed by atoms with E-state index in [1.54, 1.807) is 0 Å². The second kappa shape index (κ2) is 5.74. The van der Waals surface area contributed by atoms with Gasteiger partial charge in [-0.05, 0) is 6.42 Å². The summed E-state index contributed by atoms with van der Waals surface area (Å²) in [6, 6.07) is 0. The van der Waals surface area contributed by atoms with Crippen LogP contribution in [0.2, 0.25) is 0 Å². The van der Waals surface area contributed by atoms with Crippen molar-refractivity contribution in [1.82, 2.24) is 0 Å². The van der Waals surface area contributed by atoms with Crippen LogP contribution in [0.3, 0.4) is 0 Å². The summed E-state index contributed by atoms with van der Waals surface area (Å²) in [4.78, 5) is 0. The van der Waals surface area contributed by atoms with Crippen LogP contribution in [0.1, 0.15) is 13.3 Å². The minimum atomic E-state index is -1.58. The zero-order valence-corrected chi connectivity index (χ0v) is 8.57. The van der Waals surface area contributed by atoms with Gasteiger partial charge in [-0.25, -0.2) is 0 Å². The maximum atomic E-state index is 11.4. The van der Waals surface area contributed by atoms with Gasteiger partial charge in [0.15, 0.2) is 0 Å². The van der Waals surface area contributed by atoms with Crippen LogP contribution in [-0.4, -0.2) is 59.2 Å². The van der Waals surface area contributed by atoms with E-state index in [1.165, 1.54) is 0 Å². The van der Waals surface area contributed by atoms with Crippen molar-refractivity contribution >= 4 is 0 Å². The molecule has 0 aromatic rings. The fourth-order valence-corrected chi connectivity index (χ4v) is 1.49. The number of hydrogen-bond acceptors (Lipinski definition) is 6. The third kappa shape index (κ3) is 2.87. The van der Waals surface area contributed by atoms with Gasteiger partial charge < -0.3 is 29.9 Å². The molecule has 1 saturated heterocycles. The minimum Gasteiger partial charge on any atom is -0.829 e. The molecule has 1 fully saturated rings. The molecule has 1 heterocycles. The highest BCUT2D eigenvalue weighted by Crippen LogP contribution is 2.20. The number of ether oxygens (including phenoxy) is 2. The monoisotopic (exact) mass is 221 g/mol. The molecule has 5 atom stereocenters. The Bertz CT molecular complexity index is 187. The van der Waals surface area contributed by atoms with E-state index in [-0.39, 0.29) is 0 Å². The van der Waals surface area contributed by atoms with Gasteiger partial charge in [0.2, 0.25) is 0 Å². The standard InChI is InChI=1S/C9H17O6/c1-2-3-14-8-7(12)6(11)5(4-10)15-9(8)13/h5-12H,2-4H2,1H3/q-1/t5-,6-,7+,8-,9-/m1/s1. The van der Waals surface area contributed by atoms with Crippen molar-refractivity contribution in [2.45, 2.75) is 44.1 Å². The molecule has 0 radical (unpaired) electrons. The fraction of sp³-hybridized carbons (Fsp3) is 1.00. The van der Waals surface area contributed by atoms with Gasteiger partial charge in [-0.2, -0.15) is 0 Å². The predicted molar refractivity (Wildman–Crippen MR) is 47.8 cm³/mol. The van der Waals surface area contributed by atoms with Crippen molar-refractivity contribution in [3.63, 3.8) is 0 Å². The Morgan fingerprint density at radius 3 is 2.53 bits per heavy atom. The molecule has 1 rings (SSSR count). The fourth-order valence-electron chi connectivity index (χ4n) is 1.49. The van der Waals surface area contributed by atoms with Crippen LogP contribution in [-0.2, 0) is 9.47 Å². The summed E-state index contributed by atoms with van der Waals surface area (Å²) in [7, 11) is 0. The topological polar surface area (TPSA) is 102 Å². The maximum absolute atomic E-state index is 11.4. The van der Waals surface area contributed by atoms with E-state index in [0.717, 1.165) is 0 Å². The second-order valence-electron chi connectivity index (χ2n) is 3.54. The van der Waals surface area contributed by atoms with Crippen LogP contribution < -0.4 is 5.11 Å². The Hall–Kier alpha value is -0.240. The molecule has 90 valence electrons. The van der Waals surface area contributed by atoms with E-state index >= 15 is 0 Å². The highest BCUT2D eigenvalue weighted by molar-refractivity contribution is 4.88. The van der Waals surface area contributed by atoms with Crippen molar-refractivity contribution in [2.75, 3.05) is 13.2 Å². The number of aliphatic hydroxyl groups excluding tert-OH is 3. The first-order valence-electron chi connectivity index (χ1n) is 5.01. The summed E-state index contributed by atoms with van der Waals surface area (Å²) in [5.74, 6) is 0. The number of rotatable bonds is 4. The zero-order valence-electron chi connectivity index (χ0n) is 8.57. The molecule has 0 saturated carbocycles. The Balaban J connectivity index is 2.58. The first-order chi connectivity index (χ1) is 7.11. The molecule has 3 N–H and O–H groups in total. The molecule has 0 amide bonds. The molecule has 6 heteroatoms. The molecule has 0 bridgehead atoms. The van der Waals surface area contributed by atoms with E-state index < -0.39 is 37.3 Å². The van der Waals surface area contributed by atoms with Crippen molar-refractivity contribution in [1.29, 1.82) is 0 Å². The molecule has 0 aromatic carbocycles. The highest BCUT2D eigenvalue weighted by Gasteiger charge is 2.40. The van der Waals surface area contributed by atoms with Crippen LogP contribution in [0, 0.1) is 0 Å². The van der Waals surface area contributed by atoms with Gasteiger partial charge >= 0.3 is 0 Å². The normalized spacial score (nSPS) is 41.8. The molecule has 0 aliphatic carbocycles. The average molecular weight is 221 g/mol. The molecule has 6 nitrogen and oxygen atoms in total. The van der Waals surface area contributed by atoms with Gasteiger partial charge in [0, 0.05) is 12.9 Å². The van der Waals surface area contributed by atoms with Crippen molar-refractivity contribution in [2.24, 2.45) is 0 Å². The Kier molecular flexibility index (Phi) is 4.91. The zero-order chi connectivity index (χ0) is 11.4. The van der Waals surface area contributed by atoms with Crippen LogP contribution in [0.25, 0.3) is 0 Å². The summed E-state index contributed by atoms with van der Waals surface area (Å²) >= 11 is 0. The summed E-state index contributed by atoms with van der Waals surface area (Å²) in [5.41, 5.74) is 0. The van der Waals surface area contributed by atoms with Gasteiger partial charge in [-0.3, -0.25) is 0 Å². The third-order valence-corrected chi connectivity index (χ3v) is 2.34. The quantitative estimate of drug-likeness (QED) is 0.488. The lowest BCUT2D eigenvalue weighted by atomic mass is 9.99. The molecule has 1 aliphatic heterocycles. The van der Waals surface area contributed by atoms with Crippen molar-refractivity contribution in [3.8, 4) is 0 Å². The van der Waals surface area contributed by atoms with Crippen LogP contribution in [0.15, 0.2) is 0 Å². The smallest absolute Gasteiger partial charge is 0.111 e. The highest BCUT2D eigenvalue weighted by atomic mass is 16.7. The second-order valence-corrected chi connectivity index (χ2v) is 3.54. The minimum absolute atomic E-state index is 0.320. The van der Waals surface area contributed by atoms with E-state index in [4.69, 9.17) is 14.6 Å². The lowest BCUT2D eigenvalue weighted by molar-refractivity contribution is -0.534. The van der Waals surface area contributed by atoms with E-state index in [2.05, 4.69) is 0 Å². The molecule has 0 unspecified atom stereocenters. The van der Waals surface area contributed by atoms with Crippen molar-refractivity contribution in [3.05, 3.63) is 0 Å². The van der Waals surface area contributed by atoms with Crippen LogP contribution >= 0.6 is 0 Å². The Morgan fingerprint density at radius 2 is 2.00 bits per heavy atom. The van der Waals surface area contributed by atoms with E-state index in [9.17, 15) is 15.3 Å². The van der Waals surface area contributed by atoms with Gasteiger partial charge in [0.1, 0.15) is 18.3 Å². The molecule has 0 aromatic heterocycles. The molecular formula is C9H17O6-. The van der Waals surface area contributed by atoms with Gasteiger partial charge in [-0.15, -0.1) is 0 Å². The molecule has 15 heavy (non-hydrogen) atoms. The number of aliphatic hydroxyl groups is 3. The van der Waals surface area contributed by atoms with Gasteiger partial charge in [-0.1, -0.05) is 6.92 Å². The largest absolute Gasteiger partial charge is 0.829 e. The lowest BCUT2D eigenvalue weighted by Crippen LogP contribution is -2.63. The summed E-state index contributed by atoms with van der Waals surface area (Å²) in [6.45, 7) is 1.68. The van der Waals surface area contributed by atoms with E-state index in [1.807, 2.05) is 6.92 Å². The first-order valence-corrected chi connectivity index (χ1v) is 5.01. The van der Waals surface area contributed by atoms with E-state index in [0.29, 0.717) is 13.0 Å². The first kappa shape index (κ1) is 12.8. The van der Waals surface area contributed by atoms with Gasteiger partial charge in [0.05, 0.1) is 12.7 Å². The van der Waals surface area contributed by atoms with Gasteiger partial charge in [0.25, 0.3) is 0 Å². The third-order valence-electron chi connectivity index (χ3n) is 2.34. The predicted octanol–water partition coefficient (Wildman–Crippen LogP) is -2.42. The molecule has 1 aliphatic rings. The maximum Gasteiger partial charge on any atom is 0.111 e. The number of hydrogen-bond donors (Lipinski definition) is 3. The summed E-state index contributed by atoms with van der Waals surface area (Å²) in [5, 5.41) is 39.2. The SMILES string of the molecule is CCCO[C@@H]1[C@@H](O)[C@H](O)[C@@H](CO)O[C@H]1[O-]. The summed E-state index contributed by atoms with van der Waals surface area (Å²) in [6.07, 6.45) is -5.60. The molecular weight excluding hydrogens is 204 g/mol. The summed E-state index contributed by atoms with van der Waals surface area (Å²) < 4.78 is 9.88. The Labute approximate surface area is 88.1 Å². The average Bonchev–Trinajstić information content (AvgIpc) is 2.23. The van der Waals surface area contributed by atoms with Crippen molar-refractivity contribution < 1.29 is 29.9 Å². The Morgan fingerprint density at radius 1 is 1.33 bits per heavy atom.